The number of ether oxygens (including phenoxy) is 1. The van der Waals surface area contributed by atoms with Gasteiger partial charge in [-0.2, -0.15) is 0 Å². The average molecular weight is 244 g/mol. The Labute approximate surface area is 108 Å². The van der Waals surface area contributed by atoms with Gasteiger partial charge in [0.1, 0.15) is 0 Å². The molecule has 0 saturated heterocycles. The summed E-state index contributed by atoms with van der Waals surface area (Å²) >= 11 is 0. The van der Waals surface area contributed by atoms with Crippen molar-refractivity contribution in [3.05, 3.63) is 0 Å². The molecular weight excluding hydrogens is 212 g/mol. The molecule has 1 N–H and O–H groups in total. The third-order valence-corrected chi connectivity index (χ3v) is 2.66. The van der Waals surface area contributed by atoms with E-state index in [2.05, 4.69) is 58.9 Å². The molecule has 0 aliphatic carbocycles. The number of rotatable bonds is 8. The maximum absolute atomic E-state index is 5.96. The molecule has 0 aliphatic rings. The largest absolute Gasteiger partial charge is 0.377 e. The zero-order valence-corrected chi connectivity index (χ0v) is 12.8. The van der Waals surface area contributed by atoms with Crippen molar-refractivity contribution in [2.24, 2.45) is 5.92 Å². The molecule has 0 fully saturated rings. The SMILES string of the molecule is CC(C)C(CNC(C)(C)C)OCCCN(C)C. The van der Waals surface area contributed by atoms with E-state index in [1.165, 1.54) is 0 Å². The van der Waals surface area contributed by atoms with E-state index in [4.69, 9.17) is 4.74 Å². The van der Waals surface area contributed by atoms with E-state index in [0.717, 1.165) is 26.1 Å². The van der Waals surface area contributed by atoms with Crippen molar-refractivity contribution < 1.29 is 4.74 Å². The van der Waals surface area contributed by atoms with Gasteiger partial charge in [-0.05, 0) is 53.8 Å². The predicted octanol–water partition coefficient (Wildman–Crippen LogP) is 2.37. The third-order valence-electron chi connectivity index (χ3n) is 2.66. The molecule has 1 unspecified atom stereocenters. The van der Waals surface area contributed by atoms with E-state index in [1.54, 1.807) is 0 Å². The van der Waals surface area contributed by atoms with Gasteiger partial charge in [-0.15, -0.1) is 0 Å². The van der Waals surface area contributed by atoms with E-state index in [0.29, 0.717) is 12.0 Å². The first-order chi connectivity index (χ1) is 7.72. The Bertz CT molecular complexity index is 185. The van der Waals surface area contributed by atoms with E-state index < -0.39 is 0 Å². The first-order valence-corrected chi connectivity index (χ1v) is 6.73. The molecule has 0 aromatic carbocycles. The highest BCUT2D eigenvalue weighted by molar-refractivity contribution is 4.75. The standard InChI is InChI=1S/C14H32N2O/c1-12(2)13(11-15-14(3,4)5)17-10-8-9-16(6)7/h12-13,15H,8-11H2,1-7H3. The summed E-state index contributed by atoms with van der Waals surface area (Å²) in [6, 6.07) is 0. The average Bonchev–Trinajstić information content (AvgIpc) is 2.13. The minimum Gasteiger partial charge on any atom is -0.377 e. The van der Waals surface area contributed by atoms with Gasteiger partial charge < -0.3 is 15.0 Å². The molecule has 0 radical (unpaired) electrons. The first kappa shape index (κ1) is 16.9. The monoisotopic (exact) mass is 244 g/mol. The smallest absolute Gasteiger partial charge is 0.0722 e. The summed E-state index contributed by atoms with van der Waals surface area (Å²) in [6.07, 6.45) is 1.42. The molecule has 104 valence electrons. The summed E-state index contributed by atoms with van der Waals surface area (Å²) in [5.41, 5.74) is 0.167. The van der Waals surface area contributed by atoms with Gasteiger partial charge in [0.25, 0.3) is 0 Å². The van der Waals surface area contributed by atoms with Gasteiger partial charge >= 0.3 is 0 Å². The molecule has 17 heavy (non-hydrogen) atoms. The van der Waals surface area contributed by atoms with Crippen LogP contribution in [-0.4, -0.2) is 50.3 Å². The van der Waals surface area contributed by atoms with Crippen LogP contribution in [0.3, 0.4) is 0 Å². The fraction of sp³-hybridized carbons (Fsp3) is 1.00. The summed E-state index contributed by atoms with van der Waals surface area (Å²) in [7, 11) is 4.20. The number of nitrogens with one attached hydrogen (secondary N) is 1. The van der Waals surface area contributed by atoms with Crippen LogP contribution in [0.25, 0.3) is 0 Å². The van der Waals surface area contributed by atoms with E-state index >= 15 is 0 Å². The van der Waals surface area contributed by atoms with Crippen molar-refractivity contribution >= 4 is 0 Å². The Morgan fingerprint density at radius 3 is 2.18 bits per heavy atom. The lowest BCUT2D eigenvalue weighted by Crippen LogP contribution is -2.43. The molecule has 0 spiro atoms. The van der Waals surface area contributed by atoms with Crippen molar-refractivity contribution in [2.45, 2.75) is 52.7 Å². The highest BCUT2D eigenvalue weighted by Crippen LogP contribution is 2.08. The van der Waals surface area contributed by atoms with Crippen molar-refractivity contribution in [2.75, 3.05) is 33.8 Å². The molecular formula is C14H32N2O. The Morgan fingerprint density at radius 2 is 1.76 bits per heavy atom. The van der Waals surface area contributed by atoms with Crippen LogP contribution in [0, 0.1) is 5.92 Å². The summed E-state index contributed by atoms with van der Waals surface area (Å²) in [5.74, 6) is 0.559. The van der Waals surface area contributed by atoms with E-state index in [-0.39, 0.29) is 5.54 Å². The van der Waals surface area contributed by atoms with Gasteiger partial charge in [0.05, 0.1) is 6.10 Å². The van der Waals surface area contributed by atoms with Gasteiger partial charge in [0.15, 0.2) is 0 Å². The molecule has 0 rings (SSSR count). The van der Waals surface area contributed by atoms with E-state index in [9.17, 15) is 0 Å². The zero-order chi connectivity index (χ0) is 13.5. The first-order valence-electron chi connectivity index (χ1n) is 6.73. The molecule has 0 saturated carbocycles. The fourth-order valence-corrected chi connectivity index (χ4v) is 1.51. The van der Waals surface area contributed by atoms with E-state index in [1.807, 2.05) is 0 Å². The second kappa shape index (κ2) is 8.06. The lowest BCUT2D eigenvalue weighted by molar-refractivity contribution is 0.0160. The summed E-state index contributed by atoms with van der Waals surface area (Å²) in [4.78, 5) is 2.20. The second-order valence-corrected chi connectivity index (χ2v) is 6.44. The van der Waals surface area contributed by atoms with Gasteiger partial charge in [-0.25, -0.2) is 0 Å². The predicted molar refractivity (Wildman–Crippen MR) is 75.5 cm³/mol. The molecule has 0 aromatic heterocycles. The topological polar surface area (TPSA) is 24.5 Å². The van der Waals surface area contributed by atoms with Crippen molar-refractivity contribution in [1.82, 2.24) is 10.2 Å². The van der Waals surface area contributed by atoms with Crippen LogP contribution in [0.5, 0.6) is 0 Å². The van der Waals surface area contributed by atoms with Gasteiger partial charge in [0.2, 0.25) is 0 Å². The van der Waals surface area contributed by atoms with Crippen molar-refractivity contribution in [3.8, 4) is 0 Å². The summed E-state index contributed by atoms with van der Waals surface area (Å²) in [6.45, 7) is 13.9. The lowest BCUT2D eigenvalue weighted by Gasteiger charge is -2.27. The molecule has 3 heteroatoms. The van der Waals surface area contributed by atoms with Crippen LogP contribution < -0.4 is 5.32 Å². The highest BCUT2D eigenvalue weighted by atomic mass is 16.5. The zero-order valence-electron chi connectivity index (χ0n) is 12.8. The lowest BCUT2D eigenvalue weighted by atomic mass is 10.0. The van der Waals surface area contributed by atoms with Crippen molar-refractivity contribution in [3.63, 3.8) is 0 Å². The highest BCUT2D eigenvalue weighted by Gasteiger charge is 2.17. The molecule has 0 aromatic rings. The molecule has 0 heterocycles. The molecule has 0 aliphatic heterocycles. The minimum atomic E-state index is 0.167. The van der Waals surface area contributed by atoms with Crippen LogP contribution in [0.4, 0.5) is 0 Å². The van der Waals surface area contributed by atoms with Crippen LogP contribution in [0.1, 0.15) is 41.0 Å². The summed E-state index contributed by atoms with van der Waals surface area (Å²) < 4.78 is 5.96. The Balaban J connectivity index is 3.83. The normalized spacial score (nSPS) is 14.6. The fourth-order valence-electron chi connectivity index (χ4n) is 1.51. The number of hydrogen-bond donors (Lipinski definition) is 1. The molecule has 3 nitrogen and oxygen atoms in total. The maximum atomic E-state index is 5.96. The third kappa shape index (κ3) is 10.7. The number of hydrogen-bond acceptors (Lipinski definition) is 3. The summed E-state index contributed by atoms with van der Waals surface area (Å²) in [5, 5.41) is 3.52. The molecule has 0 amide bonds. The van der Waals surface area contributed by atoms with Crippen LogP contribution in [0.15, 0.2) is 0 Å². The Morgan fingerprint density at radius 1 is 1.18 bits per heavy atom. The minimum absolute atomic E-state index is 0.167. The van der Waals surface area contributed by atoms with Gasteiger partial charge in [0, 0.05) is 18.7 Å². The Hall–Kier alpha value is -0.120. The van der Waals surface area contributed by atoms with Crippen molar-refractivity contribution in [1.29, 1.82) is 0 Å². The number of nitrogens with zero attached hydrogens (tertiary/aromatic N) is 1. The molecule has 1 atom stereocenters. The van der Waals surface area contributed by atoms with Gasteiger partial charge in [-0.1, -0.05) is 13.8 Å². The van der Waals surface area contributed by atoms with Crippen LogP contribution in [-0.2, 0) is 4.74 Å². The van der Waals surface area contributed by atoms with Gasteiger partial charge in [-0.3, -0.25) is 0 Å². The van der Waals surface area contributed by atoms with Crippen LogP contribution >= 0.6 is 0 Å². The second-order valence-electron chi connectivity index (χ2n) is 6.44. The van der Waals surface area contributed by atoms with Crippen LogP contribution in [0.2, 0.25) is 0 Å². The molecule has 0 bridgehead atoms. The quantitative estimate of drug-likeness (QED) is 0.663. The Kier molecular flexibility index (Phi) is 8.01. The maximum Gasteiger partial charge on any atom is 0.0722 e.